The van der Waals surface area contributed by atoms with Gasteiger partial charge in [-0.3, -0.25) is 9.48 Å². The number of likely N-dealkylation sites (tertiary alicyclic amines) is 1. The third kappa shape index (κ3) is 2.58. The standard InChI is InChI=1S/C13H15BrN4O/c14-10-7-12(15-8-10)13(19)17-5-1-3-11(9-17)18-6-2-4-16-18/h2,4,6-8,11,15H,1,3,5,9H2/t11-/m0/s1. The Morgan fingerprint density at radius 3 is 3.11 bits per heavy atom. The first kappa shape index (κ1) is 12.5. The molecule has 5 nitrogen and oxygen atoms in total. The van der Waals surface area contributed by atoms with Crippen LogP contribution in [0.1, 0.15) is 29.4 Å². The third-order valence-corrected chi connectivity index (χ3v) is 3.92. The van der Waals surface area contributed by atoms with Crippen molar-refractivity contribution in [3.05, 3.63) is 40.9 Å². The Balaban J connectivity index is 1.73. The van der Waals surface area contributed by atoms with Gasteiger partial charge in [-0.25, -0.2) is 0 Å². The van der Waals surface area contributed by atoms with E-state index in [1.807, 2.05) is 27.9 Å². The monoisotopic (exact) mass is 322 g/mol. The van der Waals surface area contributed by atoms with Gasteiger partial charge in [0.1, 0.15) is 5.69 Å². The summed E-state index contributed by atoms with van der Waals surface area (Å²) in [6.07, 6.45) is 7.60. The molecule has 1 atom stereocenters. The molecule has 1 aliphatic rings. The summed E-state index contributed by atoms with van der Waals surface area (Å²) in [5.41, 5.74) is 0.632. The number of aromatic nitrogens is 3. The van der Waals surface area contributed by atoms with Crippen LogP contribution in [-0.4, -0.2) is 38.7 Å². The second-order valence-corrected chi connectivity index (χ2v) is 5.68. The summed E-state index contributed by atoms with van der Waals surface area (Å²) in [7, 11) is 0. The SMILES string of the molecule is O=C(c1cc(Br)c[nH]1)N1CCC[C@H](n2cccn2)C1. The first-order valence-electron chi connectivity index (χ1n) is 6.36. The number of amides is 1. The molecule has 0 spiro atoms. The molecule has 1 aliphatic heterocycles. The zero-order valence-corrected chi connectivity index (χ0v) is 12.0. The first-order valence-corrected chi connectivity index (χ1v) is 7.15. The van der Waals surface area contributed by atoms with Crippen molar-refractivity contribution in [3.8, 4) is 0 Å². The van der Waals surface area contributed by atoms with Crippen molar-refractivity contribution in [2.45, 2.75) is 18.9 Å². The average Bonchev–Trinajstić information content (AvgIpc) is 3.09. The second-order valence-electron chi connectivity index (χ2n) is 4.76. The fourth-order valence-electron chi connectivity index (χ4n) is 2.51. The Kier molecular flexibility index (Phi) is 3.42. The Morgan fingerprint density at radius 1 is 1.53 bits per heavy atom. The van der Waals surface area contributed by atoms with Gasteiger partial charge < -0.3 is 9.88 Å². The minimum Gasteiger partial charge on any atom is -0.356 e. The van der Waals surface area contributed by atoms with Gasteiger partial charge >= 0.3 is 0 Å². The summed E-state index contributed by atoms with van der Waals surface area (Å²) in [5, 5.41) is 4.27. The summed E-state index contributed by atoms with van der Waals surface area (Å²) < 4.78 is 2.85. The van der Waals surface area contributed by atoms with Crippen molar-refractivity contribution in [1.82, 2.24) is 19.7 Å². The summed E-state index contributed by atoms with van der Waals surface area (Å²) in [4.78, 5) is 17.3. The lowest BCUT2D eigenvalue weighted by atomic mass is 10.1. The van der Waals surface area contributed by atoms with Gasteiger partial charge in [-0.05, 0) is 40.9 Å². The van der Waals surface area contributed by atoms with E-state index in [9.17, 15) is 4.79 Å². The number of rotatable bonds is 2. The molecule has 2 aromatic heterocycles. The van der Waals surface area contributed by atoms with Crippen molar-refractivity contribution in [2.24, 2.45) is 0 Å². The molecule has 1 N–H and O–H groups in total. The number of hydrogen-bond acceptors (Lipinski definition) is 2. The van der Waals surface area contributed by atoms with Crippen LogP contribution in [0.5, 0.6) is 0 Å². The van der Waals surface area contributed by atoms with Crippen molar-refractivity contribution in [1.29, 1.82) is 0 Å². The van der Waals surface area contributed by atoms with Crippen LogP contribution < -0.4 is 0 Å². The Morgan fingerprint density at radius 2 is 2.42 bits per heavy atom. The summed E-state index contributed by atoms with van der Waals surface area (Å²) >= 11 is 3.35. The number of hydrogen-bond donors (Lipinski definition) is 1. The van der Waals surface area contributed by atoms with Crippen molar-refractivity contribution in [3.63, 3.8) is 0 Å². The Hall–Kier alpha value is -1.56. The lowest BCUT2D eigenvalue weighted by Crippen LogP contribution is -2.41. The van der Waals surface area contributed by atoms with E-state index in [2.05, 4.69) is 26.0 Å². The second kappa shape index (κ2) is 5.21. The number of carbonyl (C=O) groups is 1. The molecular formula is C13H15BrN4O. The zero-order valence-electron chi connectivity index (χ0n) is 10.4. The van der Waals surface area contributed by atoms with Crippen molar-refractivity contribution in [2.75, 3.05) is 13.1 Å². The first-order chi connectivity index (χ1) is 9.24. The molecule has 0 bridgehead atoms. The highest BCUT2D eigenvalue weighted by molar-refractivity contribution is 9.10. The molecule has 2 aromatic rings. The van der Waals surface area contributed by atoms with E-state index in [0.717, 1.165) is 30.4 Å². The van der Waals surface area contributed by atoms with Crippen molar-refractivity contribution >= 4 is 21.8 Å². The molecule has 1 saturated heterocycles. The maximum Gasteiger partial charge on any atom is 0.270 e. The smallest absolute Gasteiger partial charge is 0.270 e. The summed E-state index contributed by atoms with van der Waals surface area (Å²) in [6.45, 7) is 1.53. The quantitative estimate of drug-likeness (QED) is 0.923. The molecule has 1 fully saturated rings. The van der Waals surface area contributed by atoms with E-state index in [1.54, 1.807) is 12.4 Å². The molecule has 0 saturated carbocycles. The molecule has 0 aromatic carbocycles. The molecule has 0 aliphatic carbocycles. The minimum atomic E-state index is 0.0579. The lowest BCUT2D eigenvalue weighted by Gasteiger charge is -2.32. The maximum absolute atomic E-state index is 12.4. The highest BCUT2D eigenvalue weighted by Crippen LogP contribution is 2.22. The highest BCUT2D eigenvalue weighted by atomic mass is 79.9. The molecule has 0 radical (unpaired) electrons. The topological polar surface area (TPSA) is 53.9 Å². The molecule has 3 rings (SSSR count). The van der Waals surface area contributed by atoms with Gasteiger partial charge in [0.05, 0.1) is 6.04 Å². The van der Waals surface area contributed by atoms with E-state index in [0.29, 0.717) is 5.69 Å². The molecule has 0 unspecified atom stereocenters. The molecule has 6 heteroatoms. The Bertz CT molecular complexity index is 563. The highest BCUT2D eigenvalue weighted by Gasteiger charge is 2.26. The summed E-state index contributed by atoms with van der Waals surface area (Å²) in [5.74, 6) is 0.0579. The van der Waals surface area contributed by atoms with E-state index in [1.165, 1.54) is 0 Å². The van der Waals surface area contributed by atoms with Crippen LogP contribution in [0, 0.1) is 0 Å². The van der Waals surface area contributed by atoms with Crippen LogP contribution in [0.3, 0.4) is 0 Å². The number of H-pyrrole nitrogens is 1. The van der Waals surface area contributed by atoms with Gasteiger partial charge in [0.2, 0.25) is 0 Å². The van der Waals surface area contributed by atoms with Crippen molar-refractivity contribution < 1.29 is 4.79 Å². The number of piperidine rings is 1. The molecule has 1 amide bonds. The normalized spacial score (nSPS) is 19.6. The molecule has 19 heavy (non-hydrogen) atoms. The minimum absolute atomic E-state index is 0.0579. The van der Waals surface area contributed by atoms with Gasteiger partial charge in [-0.2, -0.15) is 5.10 Å². The van der Waals surface area contributed by atoms with Crippen LogP contribution >= 0.6 is 15.9 Å². The molecule has 3 heterocycles. The number of halogens is 1. The number of nitrogens with one attached hydrogen (secondary N) is 1. The van der Waals surface area contributed by atoms with Gasteiger partial charge in [0.15, 0.2) is 0 Å². The fourth-order valence-corrected chi connectivity index (χ4v) is 2.86. The number of carbonyl (C=O) groups excluding carboxylic acids is 1. The van der Waals surface area contributed by atoms with Gasteiger partial charge in [-0.1, -0.05) is 0 Å². The van der Waals surface area contributed by atoms with E-state index in [-0.39, 0.29) is 11.9 Å². The van der Waals surface area contributed by atoms with Gasteiger partial charge in [0, 0.05) is 36.2 Å². The van der Waals surface area contributed by atoms with Gasteiger partial charge in [0.25, 0.3) is 5.91 Å². The van der Waals surface area contributed by atoms with E-state index < -0.39 is 0 Å². The zero-order chi connectivity index (χ0) is 13.2. The largest absolute Gasteiger partial charge is 0.356 e. The fraction of sp³-hybridized carbons (Fsp3) is 0.385. The van der Waals surface area contributed by atoms with Crippen LogP contribution in [0.25, 0.3) is 0 Å². The predicted molar refractivity (Wildman–Crippen MR) is 74.9 cm³/mol. The summed E-state index contributed by atoms with van der Waals surface area (Å²) in [6, 6.07) is 4.02. The molecule has 100 valence electrons. The van der Waals surface area contributed by atoms with Crippen LogP contribution in [0.15, 0.2) is 35.2 Å². The van der Waals surface area contributed by atoms with Crippen LogP contribution in [-0.2, 0) is 0 Å². The average molecular weight is 323 g/mol. The van der Waals surface area contributed by atoms with Gasteiger partial charge in [-0.15, -0.1) is 0 Å². The maximum atomic E-state index is 12.4. The predicted octanol–water partition coefficient (Wildman–Crippen LogP) is 2.45. The number of aromatic amines is 1. The van der Waals surface area contributed by atoms with Crippen LogP contribution in [0.4, 0.5) is 0 Å². The Labute approximate surface area is 119 Å². The van der Waals surface area contributed by atoms with Crippen LogP contribution in [0.2, 0.25) is 0 Å². The third-order valence-electron chi connectivity index (χ3n) is 3.46. The number of nitrogens with zero attached hydrogens (tertiary/aromatic N) is 3. The lowest BCUT2D eigenvalue weighted by molar-refractivity contribution is 0.0667. The van der Waals surface area contributed by atoms with E-state index >= 15 is 0 Å². The molecular weight excluding hydrogens is 308 g/mol. The van der Waals surface area contributed by atoms with E-state index in [4.69, 9.17) is 0 Å².